The van der Waals surface area contributed by atoms with Crippen LogP contribution in [0.4, 0.5) is 5.13 Å². The van der Waals surface area contributed by atoms with Crippen molar-refractivity contribution in [3.8, 4) is 11.5 Å². The normalized spacial score (nSPS) is 17.3. The van der Waals surface area contributed by atoms with E-state index in [1.807, 2.05) is 18.2 Å². The second-order valence-corrected chi connectivity index (χ2v) is 9.60. The molecule has 30 heavy (non-hydrogen) atoms. The average molecular weight is 440 g/mol. The van der Waals surface area contributed by atoms with Crippen LogP contribution in [0.3, 0.4) is 0 Å². The standard InChI is InChI=1S/C22H21N3O3S2/c1-13-4-6-16-19(11-13)30-22(24-16)25-20(26)15-3-2-8-23-21(15)29-14-5-7-17-18(12-14)28-10-9-27-17/h2-3,5,7-8,12-13H,4,6,9-11H2,1H3,(H,24,25,26). The van der Waals surface area contributed by atoms with Gasteiger partial charge in [-0.3, -0.25) is 10.1 Å². The number of amides is 1. The first-order chi connectivity index (χ1) is 14.7. The van der Waals surface area contributed by atoms with Gasteiger partial charge in [-0.05, 0) is 55.5 Å². The Hall–Kier alpha value is -2.58. The Kier molecular flexibility index (Phi) is 5.35. The van der Waals surface area contributed by atoms with Crippen LogP contribution in [0.2, 0.25) is 0 Å². The predicted octanol–water partition coefficient (Wildman–Crippen LogP) is 4.84. The number of hydrogen-bond donors (Lipinski definition) is 1. The summed E-state index contributed by atoms with van der Waals surface area (Å²) in [5, 5.41) is 4.28. The summed E-state index contributed by atoms with van der Waals surface area (Å²) in [5.74, 6) is 1.94. The van der Waals surface area contributed by atoms with Gasteiger partial charge in [-0.25, -0.2) is 9.97 Å². The van der Waals surface area contributed by atoms with Crippen LogP contribution in [-0.4, -0.2) is 29.1 Å². The molecule has 0 saturated carbocycles. The lowest BCUT2D eigenvalue weighted by Gasteiger charge is -2.18. The van der Waals surface area contributed by atoms with E-state index in [0.717, 1.165) is 41.4 Å². The molecule has 3 heterocycles. The molecule has 154 valence electrons. The zero-order chi connectivity index (χ0) is 20.5. The molecule has 3 aromatic rings. The Morgan fingerprint density at radius 2 is 2.10 bits per heavy atom. The third-order valence-electron chi connectivity index (χ3n) is 5.15. The maximum Gasteiger partial charge on any atom is 0.260 e. The Balaban J connectivity index is 1.35. The Morgan fingerprint density at radius 1 is 1.23 bits per heavy atom. The minimum Gasteiger partial charge on any atom is -0.486 e. The summed E-state index contributed by atoms with van der Waals surface area (Å²) in [4.78, 5) is 24.3. The number of ether oxygens (including phenoxy) is 2. The van der Waals surface area contributed by atoms with Crippen molar-refractivity contribution in [2.75, 3.05) is 18.5 Å². The molecule has 1 N–H and O–H groups in total. The fraction of sp³-hybridized carbons (Fsp3) is 0.318. The lowest BCUT2D eigenvalue weighted by atomic mass is 9.93. The molecule has 5 rings (SSSR count). The fourth-order valence-corrected chi connectivity index (χ4v) is 5.68. The largest absolute Gasteiger partial charge is 0.486 e. The SMILES string of the molecule is CC1CCc2nc(NC(=O)c3cccnc3Sc3ccc4c(c3)OCCO4)sc2C1. The van der Waals surface area contributed by atoms with E-state index in [1.165, 1.54) is 16.6 Å². The van der Waals surface area contributed by atoms with Gasteiger partial charge in [0.15, 0.2) is 16.6 Å². The highest BCUT2D eigenvalue weighted by atomic mass is 32.2. The summed E-state index contributed by atoms with van der Waals surface area (Å²) in [5.41, 5.74) is 1.66. The summed E-state index contributed by atoms with van der Waals surface area (Å²) in [6.07, 6.45) is 4.88. The van der Waals surface area contributed by atoms with Crippen molar-refractivity contribution in [1.82, 2.24) is 9.97 Å². The number of aryl methyl sites for hydroxylation is 1. The highest BCUT2D eigenvalue weighted by Gasteiger charge is 2.22. The number of aromatic nitrogens is 2. The number of nitrogens with one attached hydrogen (secondary N) is 1. The van der Waals surface area contributed by atoms with E-state index in [4.69, 9.17) is 9.47 Å². The second kappa shape index (κ2) is 8.28. The van der Waals surface area contributed by atoms with Crippen molar-refractivity contribution < 1.29 is 14.3 Å². The molecule has 1 aromatic carbocycles. The third kappa shape index (κ3) is 4.02. The van der Waals surface area contributed by atoms with E-state index in [9.17, 15) is 4.79 Å². The van der Waals surface area contributed by atoms with Gasteiger partial charge in [0.25, 0.3) is 5.91 Å². The number of benzene rings is 1. The van der Waals surface area contributed by atoms with Crippen LogP contribution in [0.15, 0.2) is 46.5 Å². The van der Waals surface area contributed by atoms with Crippen LogP contribution in [-0.2, 0) is 12.8 Å². The maximum absolute atomic E-state index is 13.0. The first-order valence-corrected chi connectivity index (χ1v) is 11.6. The Bertz CT molecular complexity index is 1100. The zero-order valence-corrected chi connectivity index (χ0v) is 18.1. The third-order valence-corrected chi connectivity index (χ3v) is 7.19. The molecule has 1 atom stereocenters. The van der Waals surface area contributed by atoms with E-state index in [1.54, 1.807) is 29.7 Å². The number of hydrogen-bond acceptors (Lipinski definition) is 7. The number of thiazole rings is 1. The van der Waals surface area contributed by atoms with E-state index >= 15 is 0 Å². The number of pyridine rings is 1. The molecule has 0 radical (unpaired) electrons. The molecule has 0 bridgehead atoms. The highest BCUT2D eigenvalue weighted by molar-refractivity contribution is 7.99. The first-order valence-electron chi connectivity index (χ1n) is 9.98. The van der Waals surface area contributed by atoms with Gasteiger partial charge in [0.2, 0.25) is 0 Å². The number of fused-ring (bicyclic) bond motifs is 2. The maximum atomic E-state index is 13.0. The molecular formula is C22H21N3O3S2. The highest BCUT2D eigenvalue weighted by Crippen LogP contribution is 2.37. The second-order valence-electron chi connectivity index (χ2n) is 7.45. The van der Waals surface area contributed by atoms with Gasteiger partial charge < -0.3 is 9.47 Å². The van der Waals surface area contributed by atoms with Crippen molar-refractivity contribution in [2.24, 2.45) is 5.92 Å². The van der Waals surface area contributed by atoms with Crippen molar-refractivity contribution in [1.29, 1.82) is 0 Å². The number of rotatable bonds is 4. The molecule has 1 amide bonds. The van der Waals surface area contributed by atoms with Crippen molar-refractivity contribution in [2.45, 2.75) is 36.1 Å². The van der Waals surface area contributed by atoms with Gasteiger partial charge >= 0.3 is 0 Å². The van der Waals surface area contributed by atoms with Gasteiger partial charge in [0, 0.05) is 16.0 Å². The van der Waals surface area contributed by atoms with Gasteiger partial charge in [0.1, 0.15) is 18.2 Å². The Morgan fingerprint density at radius 3 is 3.00 bits per heavy atom. The minimum absolute atomic E-state index is 0.192. The molecule has 2 aliphatic rings. The lowest BCUT2D eigenvalue weighted by Crippen LogP contribution is -2.15. The van der Waals surface area contributed by atoms with E-state index < -0.39 is 0 Å². The van der Waals surface area contributed by atoms with E-state index in [0.29, 0.717) is 34.9 Å². The monoisotopic (exact) mass is 439 g/mol. The molecule has 1 aliphatic carbocycles. The quantitative estimate of drug-likeness (QED) is 0.627. The summed E-state index contributed by atoms with van der Waals surface area (Å²) in [7, 11) is 0. The molecule has 2 aromatic heterocycles. The molecule has 6 nitrogen and oxygen atoms in total. The summed E-state index contributed by atoms with van der Waals surface area (Å²) in [6, 6.07) is 9.33. The van der Waals surface area contributed by atoms with Crippen molar-refractivity contribution >= 4 is 34.1 Å². The number of carbonyl (C=O) groups is 1. The van der Waals surface area contributed by atoms with Gasteiger partial charge in [-0.2, -0.15) is 0 Å². The molecule has 8 heteroatoms. The number of carbonyl (C=O) groups excluding carboxylic acids is 1. The van der Waals surface area contributed by atoms with Crippen LogP contribution < -0.4 is 14.8 Å². The molecule has 1 aliphatic heterocycles. The fourth-order valence-electron chi connectivity index (χ4n) is 3.60. The molecule has 0 spiro atoms. The van der Waals surface area contributed by atoms with Gasteiger partial charge in [-0.15, -0.1) is 11.3 Å². The Labute approximate surface area is 183 Å². The van der Waals surface area contributed by atoms with Crippen LogP contribution in [0, 0.1) is 5.92 Å². The van der Waals surface area contributed by atoms with E-state index in [2.05, 4.69) is 22.2 Å². The number of nitrogens with zero attached hydrogens (tertiary/aromatic N) is 2. The van der Waals surface area contributed by atoms with Crippen LogP contribution in [0.25, 0.3) is 0 Å². The minimum atomic E-state index is -0.192. The summed E-state index contributed by atoms with van der Waals surface area (Å²) >= 11 is 3.02. The average Bonchev–Trinajstić information content (AvgIpc) is 3.15. The summed E-state index contributed by atoms with van der Waals surface area (Å²) < 4.78 is 11.2. The van der Waals surface area contributed by atoms with Gasteiger partial charge in [-0.1, -0.05) is 18.7 Å². The number of anilines is 1. The van der Waals surface area contributed by atoms with Crippen molar-refractivity contribution in [3.05, 3.63) is 52.7 Å². The first kappa shape index (κ1) is 19.4. The predicted molar refractivity (Wildman–Crippen MR) is 117 cm³/mol. The van der Waals surface area contributed by atoms with Gasteiger partial charge in [0.05, 0.1) is 11.3 Å². The van der Waals surface area contributed by atoms with E-state index in [-0.39, 0.29) is 5.91 Å². The van der Waals surface area contributed by atoms with Crippen LogP contribution >= 0.6 is 23.1 Å². The van der Waals surface area contributed by atoms with Crippen LogP contribution in [0.1, 0.15) is 34.3 Å². The lowest BCUT2D eigenvalue weighted by molar-refractivity contribution is 0.102. The molecule has 0 fully saturated rings. The van der Waals surface area contributed by atoms with Crippen LogP contribution in [0.5, 0.6) is 11.5 Å². The topological polar surface area (TPSA) is 73.3 Å². The summed E-state index contributed by atoms with van der Waals surface area (Å²) in [6.45, 7) is 3.36. The molecule has 0 saturated heterocycles. The molecule has 1 unspecified atom stereocenters. The zero-order valence-electron chi connectivity index (χ0n) is 16.5. The van der Waals surface area contributed by atoms with Crippen molar-refractivity contribution in [3.63, 3.8) is 0 Å². The molecular weight excluding hydrogens is 418 g/mol. The smallest absolute Gasteiger partial charge is 0.260 e.